The Bertz CT molecular complexity index is 429. The van der Waals surface area contributed by atoms with E-state index in [0.717, 1.165) is 5.69 Å². The van der Waals surface area contributed by atoms with E-state index in [1.54, 1.807) is 4.90 Å². The highest BCUT2D eigenvalue weighted by molar-refractivity contribution is 7.85. The Morgan fingerprint density at radius 3 is 2.56 bits per heavy atom. The molecule has 0 saturated heterocycles. The van der Waals surface area contributed by atoms with Crippen molar-refractivity contribution in [3.8, 4) is 0 Å². The summed E-state index contributed by atoms with van der Waals surface area (Å²) in [6.45, 7) is 4.38. The van der Waals surface area contributed by atoms with E-state index in [1.165, 1.54) is 0 Å². The van der Waals surface area contributed by atoms with Crippen molar-refractivity contribution in [1.82, 2.24) is 0 Å². The van der Waals surface area contributed by atoms with Crippen molar-refractivity contribution in [3.63, 3.8) is 0 Å². The van der Waals surface area contributed by atoms with Crippen LogP contribution >= 0.6 is 0 Å². The Balaban J connectivity index is 2.66. The standard InChI is InChI=1S/C14H19NO2S/c1-3-5-11-18(17)12-14(16)15(4-2)13-9-7-6-8-10-13/h3,5-10H,4,11-12H2,1-2H3/b5-3+/t18-/m1/s1. The third-order valence-corrected chi connectivity index (χ3v) is 3.62. The fraction of sp³-hybridized carbons (Fsp3) is 0.357. The number of nitrogens with zero attached hydrogens (tertiary/aromatic N) is 1. The van der Waals surface area contributed by atoms with Gasteiger partial charge in [-0.2, -0.15) is 0 Å². The molecule has 0 unspecified atom stereocenters. The second-order valence-electron chi connectivity index (χ2n) is 3.79. The fourth-order valence-corrected chi connectivity index (χ4v) is 2.55. The van der Waals surface area contributed by atoms with Crippen LogP contribution in [0.5, 0.6) is 0 Å². The number of hydrogen-bond acceptors (Lipinski definition) is 2. The van der Waals surface area contributed by atoms with E-state index < -0.39 is 10.8 Å². The van der Waals surface area contributed by atoms with Gasteiger partial charge in [-0.25, -0.2) is 0 Å². The molecule has 1 amide bonds. The van der Waals surface area contributed by atoms with Gasteiger partial charge in [-0.15, -0.1) is 0 Å². The summed E-state index contributed by atoms with van der Waals surface area (Å²) in [5, 5.41) is 0. The Morgan fingerprint density at radius 1 is 1.33 bits per heavy atom. The average Bonchev–Trinajstić information content (AvgIpc) is 2.38. The highest BCUT2D eigenvalue weighted by Crippen LogP contribution is 2.13. The van der Waals surface area contributed by atoms with Crippen molar-refractivity contribution in [1.29, 1.82) is 0 Å². The largest absolute Gasteiger partial charge is 0.312 e. The van der Waals surface area contributed by atoms with Gasteiger partial charge in [0, 0.05) is 28.8 Å². The van der Waals surface area contributed by atoms with Crippen LogP contribution in [0, 0.1) is 0 Å². The van der Waals surface area contributed by atoms with Crippen LogP contribution in [0.1, 0.15) is 13.8 Å². The lowest BCUT2D eigenvalue weighted by atomic mass is 10.3. The van der Waals surface area contributed by atoms with Gasteiger partial charge >= 0.3 is 0 Å². The SMILES string of the molecule is C/C=C/C[S@@](=O)CC(=O)N(CC)c1ccccc1. The highest BCUT2D eigenvalue weighted by atomic mass is 32.2. The molecule has 0 aliphatic carbocycles. The first kappa shape index (κ1) is 14.6. The summed E-state index contributed by atoms with van der Waals surface area (Å²) in [6, 6.07) is 9.46. The van der Waals surface area contributed by atoms with Crippen molar-refractivity contribution >= 4 is 22.4 Å². The first-order valence-corrected chi connectivity index (χ1v) is 7.49. The molecule has 0 aliphatic heterocycles. The molecule has 0 heterocycles. The first-order chi connectivity index (χ1) is 8.69. The predicted octanol–water partition coefficient (Wildman–Crippen LogP) is 2.36. The number of carbonyl (C=O) groups excluding carboxylic acids is 1. The van der Waals surface area contributed by atoms with Gasteiger partial charge in [0.15, 0.2) is 0 Å². The zero-order valence-electron chi connectivity index (χ0n) is 10.8. The fourth-order valence-electron chi connectivity index (χ4n) is 1.59. The van der Waals surface area contributed by atoms with E-state index in [0.29, 0.717) is 12.3 Å². The van der Waals surface area contributed by atoms with E-state index in [9.17, 15) is 9.00 Å². The van der Waals surface area contributed by atoms with Crippen LogP contribution in [0.4, 0.5) is 5.69 Å². The lowest BCUT2D eigenvalue weighted by Crippen LogP contribution is -2.34. The molecule has 0 aliphatic rings. The molecule has 0 radical (unpaired) electrons. The van der Waals surface area contributed by atoms with E-state index >= 15 is 0 Å². The third-order valence-electron chi connectivity index (χ3n) is 2.49. The van der Waals surface area contributed by atoms with Crippen molar-refractivity contribution in [2.24, 2.45) is 0 Å². The molecule has 1 atom stereocenters. The number of carbonyl (C=O) groups is 1. The Hall–Kier alpha value is -1.42. The molecule has 0 N–H and O–H groups in total. The molecular formula is C14H19NO2S. The monoisotopic (exact) mass is 265 g/mol. The van der Waals surface area contributed by atoms with Crippen LogP contribution in [0.25, 0.3) is 0 Å². The number of para-hydroxylation sites is 1. The smallest absolute Gasteiger partial charge is 0.239 e. The van der Waals surface area contributed by atoms with Crippen LogP contribution in [-0.2, 0) is 15.6 Å². The second kappa shape index (κ2) is 7.82. The van der Waals surface area contributed by atoms with Gasteiger partial charge in [0.1, 0.15) is 5.75 Å². The highest BCUT2D eigenvalue weighted by Gasteiger charge is 2.15. The molecule has 0 spiro atoms. The van der Waals surface area contributed by atoms with Gasteiger partial charge in [-0.3, -0.25) is 9.00 Å². The number of rotatable bonds is 6. The number of amides is 1. The van der Waals surface area contributed by atoms with E-state index in [-0.39, 0.29) is 11.7 Å². The minimum absolute atomic E-state index is 0.0765. The normalized spacial score (nSPS) is 12.6. The molecule has 1 aromatic carbocycles. The molecule has 0 saturated carbocycles. The molecule has 98 valence electrons. The molecule has 1 rings (SSSR count). The van der Waals surface area contributed by atoms with Crippen LogP contribution < -0.4 is 4.90 Å². The summed E-state index contributed by atoms with van der Waals surface area (Å²) in [5.41, 5.74) is 0.855. The number of hydrogen-bond donors (Lipinski definition) is 0. The van der Waals surface area contributed by atoms with Crippen molar-refractivity contribution < 1.29 is 9.00 Å². The van der Waals surface area contributed by atoms with Crippen molar-refractivity contribution in [3.05, 3.63) is 42.5 Å². The minimum atomic E-state index is -1.12. The van der Waals surface area contributed by atoms with E-state index in [1.807, 2.05) is 56.3 Å². The van der Waals surface area contributed by atoms with E-state index in [4.69, 9.17) is 0 Å². The van der Waals surface area contributed by atoms with Crippen LogP contribution in [0.15, 0.2) is 42.5 Å². The maximum Gasteiger partial charge on any atom is 0.239 e. The maximum absolute atomic E-state index is 12.1. The van der Waals surface area contributed by atoms with Gasteiger partial charge in [0.05, 0.1) is 0 Å². The number of allylic oxidation sites excluding steroid dienone is 1. The Kier molecular flexibility index (Phi) is 6.36. The first-order valence-electron chi connectivity index (χ1n) is 6.00. The van der Waals surface area contributed by atoms with Crippen LogP contribution in [-0.4, -0.2) is 28.2 Å². The quantitative estimate of drug-likeness (QED) is 0.740. The minimum Gasteiger partial charge on any atom is -0.312 e. The van der Waals surface area contributed by atoms with Gasteiger partial charge in [-0.05, 0) is 26.0 Å². The molecule has 0 bridgehead atoms. The molecule has 4 heteroatoms. The lowest BCUT2D eigenvalue weighted by Gasteiger charge is -2.20. The zero-order chi connectivity index (χ0) is 13.4. The van der Waals surface area contributed by atoms with Crippen molar-refractivity contribution in [2.45, 2.75) is 13.8 Å². The summed E-state index contributed by atoms with van der Waals surface area (Å²) in [4.78, 5) is 13.7. The Morgan fingerprint density at radius 2 is 2.00 bits per heavy atom. The molecular weight excluding hydrogens is 246 g/mol. The van der Waals surface area contributed by atoms with Gasteiger partial charge < -0.3 is 4.90 Å². The zero-order valence-corrected chi connectivity index (χ0v) is 11.7. The molecule has 0 aromatic heterocycles. The molecule has 1 aromatic rings. The maximum atomic E-state index is 12.1. The second-order valence-corrected chi connectivity index (χ2v) is 5.30. The molecule has 3 nitrogen and oxygen atoms in total. The van der Waals surface area contributed by atoms with Gasteiger partial charge in [-0.1, -0.05) is 30.4 Å². The summed E-state index contributed by atoms with van der Waals surface area (Å²) in [5.74, 6) is 0.424. The van der Waals surface area contributed by atoms with Crippen molar-refractivity contribution in [2.75, 3.05) is 23.0 Å². The van der Waals surface area contributed by atoms with E-state index in [2.05, 4.69) is 0 Å². The predicted molar refractivity (Wildman–Crippen MR) is 77.2 cm³/mol. The third kappa shape index (κ3) is 4.45. The van der Waals surface area contributed by atoms with Gasteiger partial charge in [0.2, 0.25) is 5.91 Å². The number of benzene rings is 1. The summed E-state index contributed by atoms with van der Waals surface area (Å²) < 4.78 is 11.7. The van der Waals surface area contributed by atoms with Crippen LogP contribution in [0.2, 0.25) is 0 Å². The summed E-state index contributed by atoms with van der Waals surface area (Å²) in [6.07, 6.45) is 3.67. The summed E-state index contributed by atoms with van der Waals surface area (Å²) >= 11 is 0. The topological polar surface area (TPSA) is 37.4 Å². The Labute approximate surface area is 111 Å². The summed E-state index contributed by atoms with van der Waals surface area (Å²) in [7, 11) is -1.12. The number of anilines is 1. The van der Waals surface area contributed by atoms with Crippen LogP contribution in [0.3, 0.4) is 0 Å². The van der Waals surface area contributed by atoms with Gasteiger partial charge in [0.25, 0.3) is 0 Å². The average molecular weight is 265 g/mol. The molecule has 18 heavy (non-hydrogen) atoms. The molecule has 0 fully saturated rings. The lowest BCUT2D eigenvalue weighted by molar-refractivity contribution is -0.116.